The maximum atomic E-state index is 12.7. The first-order valence-electron chi connectivity index (χ1n) is 9.63. The Kier molecular flexibility index (Phi) is 5.07. The lowest BCUT2D eigenvalue weighted by Crippen LogP contribution is -2.59. The number of likely N-dealkylation sites (tertiary alicyclic amines) is 2. The van der Waals surface area contributed by atoms with Gasteiger partial charge in [0.25, 0.3) is 0 Å². The van der Waals surface area contributed by atoms with Gasteiger partial charge in [0.1, 0.15) is 6.61 Å². The van der Waals surface area contributed by atoms with Gasteiger partial charge in [0.15, 0.2) is 5.78 Å². The minimum Gasteiger partial charge on any atom is -0.370 e. The van der Waals surface area contributed by atoms with E-state index in [0.717, 1.165) is 24.1 Å². The van der Waals surface area contributed by atoms with Crippen molar-refractivity contribution in [3.05, 3.63) is 35.4 Å². The molecule has 2 amide bonds. The van der Waals surface area contributed by atoms with Gasteiger partial charge < -0.3 is 14.5 Å². The molecule has 1 aromatic carbocycles. The molecule has 0 saturated carbocycles. The number of hydrogen-bond acceptors (Lipinski definition) is 3. The molecule has 3 fully saturated rings. The average Bonchev–Trinajstić information content (AvgIpc) is 2.63. The highest BCUT2D eigenvalue weighted by molar-refractivity contribution is 5.81. The van der Waals surface area contributed by atoms with Crippen molar-refractivity contribution in [2.75, 3.05) is 32.8 Å². The lowest BCUT2D eigenvalue weighted by Gasteiger charge is -2.46. The van der Waals surface area contributed by atoms with E-state index < -0.39 is 11.7 Å². The highest BCUT2D eigenvalue weighted by Gasteiger charge is 2.40. The van der Waals surface area contributed by atoms with Crippen LogP contribution >= 0.6 is 0 Å². The van der Waals surface area contributed by atoms with Gasteiger partial charge in [-0.3, -0.25) is 4.79 Å². The van der Waals surface area contributed by atoms with Gasteiger partial charge in [0.2, 0.25) is 0 Å². The third-order valence-corrected chi connectivity index (χ3v) is 5.92. The van der Waals surface area contributed by atoms with Crippen molar-refractivity contribution in [3.8, 4) is 0 Å². The summed E-state index contributed by atoms with van der Waals surface area (Å²) >= 11 is 0. The van der Waals surface area contributed by atoms with Crippen LogP contribution < -0.4 is 0 Å². The summed E-state index contributed by atoms with van der Waals surface area (Å²) in [5.41, 5.74) is 0.207. The number of amides is 2. The molecule has 0 bridgehead atoms. The molecule has 0 N–H and O–H groups in total. The SMILES string of the molecule is O=C1CO[C@H]2CCN(C(=O)N3CC(Cc4ccc(C(F)(F)F)cc4)C3)C[C@H]2C1. The Morgan fingerprint density at radius 3 is 2.50 bits per heavy atom. The summed E-state index contributed by atoms with van der Waals surface area (Å²) in [6, 6.07) is 5.22. The van der Waals surface area contributed by atoms with Crippen LogP contribution in [-0.4, -0.2) is 60.5 Å². The van der Waals surface area contributed by atoms with E-state index >= 15 is 0 Å². The maximum Gasteiger partial charge on any atom is 0.416 e. The average molecular weight is 396 g/mol. The number of urea groups is 1. The molecule has 0 spiro atoms. The molecule has 8 heteroatoms. The summed E-state index contributed by atoms with van der Waals surface area (Å²) < 4.78 is 43.4. The number of halogens is 3. The highest BCUT2D eigenvalue weighted by Crippen LogP contribution is 2.31. The molecule has 2 atom stereocenters. The Morgan fingerprint density at radius 1 is 1.11 bits per heavy atom. The van der Waals surface area contributed by atoms with Crippen LogP contribution in [0.5, 0.6) is 0 Å². The summed E-state index contributed by atoms with van der Waals surface area (Å²) in [5.74, 6) is 0.442. The molecule has 0 radical (unpaired) electrons. The normalized spacial score (nSPS) is 26.0. The van der Waals surface area contributed by atoms with Gasteiger partial charge in [-0.15, -0.1) is 0 Å². The Bertz CT molecular complexity index is 744. The number of rotatable bonds is 2. The number of ketones is 1. The van der Waals surface area contributed by atoms with E-state index in [1.54, 1.807) is 9.80 Å². The van der Waals surface area contributed by atoms with Gasteiger partial charge in [-0.25, -0.2) is 4.79 Å². The Balaban J connectivity index is 1.26. The summed E-state index contributed by atoms with van der Waals surface area (Å²) in [4.78, 5) is 27.9. The van der Waals surface area contributed by atoms with Crippen LogP contribution in [0.1, 0.15) is 24.0 Å². The lowest BCUT2D eigenvalue weighted by atomic mass is 9.88. The first-order chi connectivity index (χ1) is 13.3. The second kappa shape index (κ2) is 7.39. The van der Waals surface area contributed by atoms with Crippen molar-refractivity contribution in [2.45, 2.75) is 31.5 Å². The van der Waals surface area contributed by atoms with Gasteiger partial charge in [0, 0.05) is 38.5 Å². The molecule has 152 valence electrons. The van der Waals surface area contributed by atoms with E-state index in [-0.39, 0.29) is 36.4 Å². The van der Waals surface area contributed by atoms with E-state index in [0.29, 0.717) is 39.0 Å². The number of nitrogens with zero attached hydrogens (tertiary/aromatic N) is 2. The number of hydrogen-bond donors (Lipinski definition) is 0. The maximum absolute atomic E-state index is 12.7. The molecule has 28 heavy (non-hydrogen) atoms. The molecule has 3 aliphatic rings. The smallest absolute Gasteiger partial charge is 0.370 e. The van der Waals surface area contributed by atoms with Crippen molar-refractivity contribution in [3.63, 3.8) is 0 Å². The zero-order valence-corrected chi connectivity index (χ0v) is 15.5. The number of ether oxygens (including phenoxy) is 1. The molecular formula is C20H23F3N2O3. The zero-order chi connectivity index (χ0) is 19.9. The fourth-order valence-electron chi connectivity index (χ4n) is 4.37. The molecule has 3 saturated heterocycles. The van der Waals surface area contributed by atoms with Gasteiger partial charge >= 0.3 is 12.2 Å². The molecular weight excluding hydrogens is 373 g/mol. The molecule has 3 aliphatic heterocycles. The number of carbonyl (C=O) groups is 2. The second-order valence-electron chi connectivity index (χ2n) is 8.04. The lowest BCUT2D eigenvalue weighted by molar-refractivity contribution is -0.140. The molecule has 3 heterocycles. The van der Waals surface area contributed by atoms with Crippen molar-refractivity contribution < 1.29 is 27.5 Å². The molecule has 0 unspecified atom stereocenters. The molecule has 0 aromatic heterocycles. The topological polar surface area (TPSA) is 49.9 Å². The van der Waals surface area contributed by atoms with Crippen LogP contribution in [0.2, 0.25) is 0 Å². The van der Waals surface area contributed by atoms with E-state index in [1.165, 1.54) is 12.1 Å². The predicted octanol–water partition coefficient (Wildman–Crippen LogP) is 2.98. The van der Waals surface area contributed by atoms with Crippen LogP contribution in [0.3, 0.4) is 0 Å². The third-order valence-electron chi connectivity index (χ3n) is 5.92. The van der Waals surface area contributed by atoms with Gasteiger partial charge in [-0.05, 0) is 36.5 Å². The summed E-state index contributed by atoms with van der Waals surface area (Å²) in [7, 11) is 0. The van der Waals surface area contributed by atoms with Crippen LogP contribution in [0, 0.1) is 11.8 Å². The summed E-state index contributed by atoms with van der Waals surface area (Å²) in [6.45, 7) is 2.59. The van der Waals surface area contributed by atoms with Crippen molar-refractivity contribution >= 4 is 11.8 Å². The Labute approximate surface area is 161 Å². The highest BCUT2D eigenvalue weighted by atomic mass is 19.4. The van der Waals surface area contributed by atoms with E-state index in [2.05, 4.69) is 0 Å². The van der Waals surface area contributed by atoms with Gasteiger partial charge in [-0.1, -0.05) is 12.1 Å². The standard InChI is InChI=1S/C20H23F3N2O3/c21-20(22,23)16-3-1-13(2-4-16)7-14-9-25(10-14)19(27)24-6-5-18-15(11-24)8-17(26)12-28-18/h1-4,14-15,18H,5-12H2/t15-,18+/m1/s1. The number of piperidine rings is 1. The zero-order valence-electron chi connectivity index (χ0n) is 15.5. The first kappa shape index (κ1) is 19.2. The van der Waals surface area contributed by atoms with Gasteiger partial charge in [0.05, 0.1) is 11.7 Å². The number of fused-ring (bicyclic) bond motifs is 1. The fraction of sp³-hybridized carbons (Fsp3) is 0.600. The van der Waals surface area contributed by atoms with E-state index in [9.17, 15) is 22.8 Å². The molecule has 4 rings (SSSR count). The second-order valence-corrected chi connectivity index (χ2v) is 8.04. The minimum atomic E-state index is -4.32. The quantitative estimate of drug-likeness (QED) is 0.772. The number of alkyl halides is 3. The van der Waals surface area contributed by atoms with Crippen LogP contribution in [0.25, 0.3) is 0 Å². The monoisotopic (exact) mass is 396 g/mol. The van der Waals surface area contributed by atoms with E-state index in [1.807, 2.05) is 0 Å². The van der Waals surface area contributed by atoms with E-state index in [4.69, 9.17) is 4.74 Å². The number of carbonyl (C=O) groups excluding carboxylic acids is 2. The van der Waals surface area contributed by atoms with Crippen LogP contribution in [0.15, 0.2) is 24.3 Å². The van der Waals surface area contributed by atoms with Crippen LogP contribution in [-0.2, 0) is 22.1 Å². The summed E-state index contributed by atoms with van der Waals surface area (Å²) in [5, 5.41) is 0. The van der Waals surface area contributed by atoms with Crippen molar-refractivity contribution in [2.24, 2.45) is 11.8 Å². The van der Waals surface area contributed by atoms with Gasteiger partial charge in [-0.2, -0.15) is 13.2 Å². The Hall–Kier alpha value is -2.09. The van der Waals surface area contributed by atoms with Crippen molar-refractivity contribution in [1.82, 2.24) is 9.80 Å². The molecule has 0 aliphatic carbocycles. The minimum absolute atomic E-state index is 0.0138. The Morgan fingerprint density at radius 2 is 1.82 bits per heavy atom. The molecule has 1 aromatic rings. The van der Waals surface area contributed by atoms with Crippen LogP contribution in [0.4, 0.5) is 18.0 Å². The summed E-state index contributed by atoms with van der Waals surface area (Å²) in [6.07, 6.45) is -2.35. The fourth-order valence-corrected chi connectivity index (χ4v) is 4.37. The number of Topliss-reactive ketones (excluding diaryl/α,β-unsaturated/α-hetero) is 1. The molecule has 5 nitrogen and oxygen atoms in total. The first-order valence-corrected chi connectivity index (χ1v) is 9.63. The number of benzene rings is 1. The largest absolute Gasteiger partial charge is 0.416 e. The van der Waals surface area contributed by atoms with Crippen molar-refractivity contribution in [1.29, 1.82) is 0 Å². The predicted molar refractivity (Wildman–Crippen MR) is 94.7 cm³/mol. The third kappa shape index (κ3) is 4.01.